The molecule has 0 spiro atoms. The molecule has 2 rings (SSSR count). The zero-order chi connectivity index (χ0) is 10.0. The van der Waals surface area contributed by atoms with Crippen LogP contribution in [-0.4, -0.2) is 23.8 Å². The molecule has 2 N–H and O–H groups in total. The number of halogens is 1. The first-order valence-electron chi connectivity index (χ1n) is 4.86. The highest BCUT2D eigenvalue weighted by molar-refractivity contribution is 6.30. The lowest BCUT2D eigenvalue weighted by atomic mass is 9.94. The molecule has 3 heteroatoms. The Morgan fingerprint density at radius 3 is 3.00 bits per heavy atom. The highest BCUT2D eigenvalue weighted by atomic mass is 35.5. The van der Waals surface area contributed by atoms with E-state index in [0.717, 1.165) is 23.6 Å². The minimum Gasteiger partial charge on any atom is -0.388 e. The summed E-state index contributed by atoms with van der Waals surface area (Å²) in [5.41, 5.74) is 0.522. The summed E-state index contributed by atoms with van der Waals surface area (Å²) < 4.78 is 0. The molecule has 0 radical (unpaired) electrons. The zero-order valence-electron chi connectivity index (χ0n) is 7.96. The molecule has 14 heavy (non-hydrogen) atoms. The maximum atomic E-state index is 10.1. The lowest BCUT2D eigenvalue weighted by molar-refractivity contribution is 0.0619. The van der Waals surface area contributed by atoms with Crippen molar-refractivity contribution >= 4 is 11.6 Å². The fourth-order valence-corrected chi connectivity index (χ4v) is 2.12. The van der Waals surface area contributed by atoms with Crippen LogP contribution in [0.5, 0.6) is 0 Å². The van der Waals surface area contributed by atoms with Crippen molar-refractivity contribution in [1.29, 1.82) is 0 Å². The molecule has 0 unspecified atom stereocenters. The highest BCUT2D eigenvalue weighted by Gasteiger charge is 2.30. The van der Waals surface area contributed by atoms with E-state index in [0.29, 0.717) is 13.0 Å². The van der Waals surface area contributed by atoms with Gasteiger partial charge in [0.2, 0.25) is 0 Å². The fourth-order valence-electron chi connectivity index (χ4n) is 1.91. The van der Waals surface area contributed by atoms with Crippen molar-refractivity contribution in [3.8, 4) is 0 Å². The number of hydrogen-bond donors (Lipinski definition) is 2. The molecule has 1 fully saturated rings. The van der Waals surface area contributed by atoms with Crippen molar-refractivity contribution in [1.82, 2.24) is 5.32 Å². The number of nitrogens with one attached hydrogen (secondary N) is 1. The minimum atomic E-state index is -0.579. The van der Waals surface area contributed by atoms with Gasteiger partial charge in [0, 0.05) is 18.0 Å². The summed E-state index contributed by atoms with van der Waals surface area (Å²) in [5.74, 6) is 0. The van der Waals surface area contributed by atoms with Crippen molar-refractivity contribution < 1.29 is 5.11 Å². The quantitative estimate of drug-likeness (QED) is 0.779. The third-order valence-electron chi connectivity index (χ3n) is 2.64. The molecular formula is C11H14ClNO. The van der Waals surface area contributed by atoms with E-state index in [1.54, 1.807) is 0 Å². The Hall–Kier alpha value is -0.570. The summed E-state index contributed by atoms with van der Waals surface area (Å²) in [7, 11) is 0. The van der Waals surface area contributed by atoms with Gasteiger partial charge in [-0.2, -0.15) is 0 Å². The third-order valence-corrected chi connectivity index (χ3v) is 2.88. The lowest BCUT2D eigenvalue weighted by Gasteiger charge is -2.21. The van der Waals surface area contributed by atoms with E-state index >= 15 is 0 Å². The van der Waals surface area contributed by atoms with Crippen LogP contribution in [0.3, 0.4) is 0 Å². The zero-order valence-corrected chi connectivity index (χ0v) is 8.72. The van der Waals surface area contributed by atoms with Crippen LogP contribution in [0.15, 0.2) is 24.3 Å². The van der Waals surface area contributed by atoms with Crippen LogP contribution in [0.25, 0.3) is 0 Å². The second kappa shape index (κ2) is 3.89. The minimum absolute atomic E-state index is 0.579. The van der Waals surface area contributed by atoms with Gasteiger partial charge in [0.1, 0.15) is 0 Å². The summed E-state index contributed by atoms with van der Waals surface area (Å²) in [4.78, 5) is 0. The first-order chi connectivity index (χ1) is 6.68. The molecule has 1 heterocycles. The van der Waals surface area contributed by atoms with E-state index in [9.17, 15) is 5.11 Å². The molecular weight excluding hydrogens is 198 g/mol. The molecule has 2 nitrogen and oxygen atoms in total. The average molecular weight is 212 g/mol. The normalized spacial score (nSPS) is 26.7. The van der Waals surface area contributed by atoms with Crippen LogP contribution in [0.2, 0.25) is 5.02 Å². The van der Waals surface area contributed by atoms with Crippen molar-refractivity contribution in [2.45, 2.75) is 18.4 Å². The number of hydrogen-bond acceptors (Lipinski definition) is 2. The summed E-state index contributed by atoms with van der Waals surface area (Å²) >= 11 is 5.88. The van der Waals surface area contributed by atoms with Crippen LogP contribution in [0, 0.1) is 0 Å². The molecule has 0 aromatic heterocycles. The van der Waals surface area contributed by atoms with Gasteiger partial charge in [-0.1, -0.05) is 23.7 Å². The van der Waals surface area contributed by atoms with Gasteiger partial charge in [-0.25, -0.2) is 0 Å². The van der Waals surface area contributed by atoms with E-state index < -0.39 is 5.60 Å². The smallest absolute Gasteiger partial charge is 0.0823 e. The third kappa shape index (κ3) is 2.27. The van der Waals surface area contributed by atoms with Crippen LogP contribution in [0.4, 0.5) is 0 Å². The van der Waals surface area contributed by atoms with E-state index in [-0.39, 0.29) is 0 Å². The molecule has 1 aromatic rings. The van der Waals surface area contributed by atoms with Gasteiger partial charge in [0.15, 0.2) is 0 Å². The number of β-amino-alcohol motifs (C(OH)–C–C–N with tert-alkyl or cyclic N) is 1. The van der Waals surface area contributed by atoms with Crippen LogP contribution < -0.4 is 5.32 Å². The number of aliphatic hydroxyl groups is 1. The Labute approximate surface area is 88.9 Å². The van der Waals surface area contributed by atoms with Gasteiger partial charge >= 0.3 is 0 Å². The summed E-state index contributed by atoms with van der Waals surface area (Å²) in [6.07, 6.45) is 1.50. The first kappa shape index (κ1) is 9.97. The van der Waals surface area contributed by atoms with E-state index in [1.807, 2.05) is 24.3 Å². The summed E-state index contributed by atoms with van der Waals surface area (Å²) in [5, 5.41) is 14.0. The predicted molar refractivity (Wildman–Crippen MR) is 57.6 cm³/mol. The Balaban J connectivity index is 2.10. The molecule has 76 valence electrons. The SMILES string of the molecule is O[C@@]1(Cc2cccc(Cl)c2)CCNC1. The van der Waals surface area contributed by atoms with E-state index in [1.165, 1.54) is 0 Å². The molecule has 1 aliphatic heterocycles. The number of benzene rings is 1. The predicted octanol–water partition coefficient (Wildman–Crippen LogP) is 1.61. The van der Waals surface area contributed by atoms with Gasteiger partial charge < -0.3 is 10.4 Å². The maximum absolute atomic E-state index is 10.1. The largest absolute Gasteiger partial charge is 0.388 e. The highest BCUT2D eigenvalue weighted by Crippen LogP contribution is 2.21. The molecule has 0 amide bonds. The molecule has 1 atom stereocenters. The van der Waals surface area contributed by atoms with Crippen LogP contribution in [-0.2, 0) is 6.42 Å². The van der Waals surface area contributed by atoms with Crippen molar-refractivity contribution in [3.05, 3.63) is 34.9 Å². The Bertz CT molecular complexity index is 321. The van der Waals surface area contributed by atoms with Gasteiger partial charge in [0.05, 0.1) is 5.60 Å². The summed E-state index contributed by atoms with van der Waals surface area (Å²) in [6.45, 7) is 1.58. The van der Waals surface area contributed by atoms with Crippen molar-refractivity contribution in [2.75, 3.05) is 13.1 Å². The number of rotatable bonds is 2. The second-order valence-corrected chi connectivity index (χ2v) is 4.39. The molecule has 1 aromatic carbocycles. The van der Waals surface area contributed by atoms with Crippen molar-refractivity contribution in [2.24, 2.45) is 0 Å². The van der Waals surface area contributed by atoms with Gasteiger partial charge in [-0.3, -0.25) is 0 Å². The van der Waals surface area contributed by atoms with Crippen LogP contribution >= 0.6 is 11.6 Å². The topological polar surface area (TPSA) is 32.3 Å². The van der Waals surface area contributed by atoms with Crippen LogP contribution in [0.1, 0.15) is 12.0 Å². The van der Waals surface area contributed by atoms with Crippen molar-refractivity contribution in [3.63, 3.8) is 0 Å². The standard InChI is InChI=1S/C11H14ClNO/c12-10-3-1-2-9(6-10)7-11(14)4-5-13-8-11/h1-3,6,13-14H,4-5,7-8H2/t11-/m1/s1. The maximum Gasteiger partial charge on any atom is 0.0823 e. The first-order valence-corrected chi connectivity index (χ1v) is 5.23. The molecule has 1 aliphatic rings. The molecule has 1 saturated heterocycles. The van der Waals surface area contributed by atoms with E-state index in [4.69, 9.17) is 11.6 Å². The monoisotopic (exact) mass is 211 g/mol. The Kier molecular flexibility index (Phi) is 2.77. The van der Waals surface area contributed by atoms with Gasteiger partial charge in [0.25, 0.3) is 0 Å². The average Bonchev–Trinajstić information content (AvgIpc) is 2.51. The summed E-state index contributed by atoms with van der Waals surface area (Å²) in [6, 6.07) is 7.69. The van der Waals surface area contributed by atoms with E-state index in [2.05, 4.69) is 5.32 Å². The Morgan fingerprint density at radius 1 is 1.50 bits per heavy atom. The Morgan fingerprint density at radius 2 is 2.36 bits per heavy atom. The lowest BCUT2D eigenvalue weighted by Crippen LogP contribution is -2.33. The molecule has 0 aliphatic carbocycles. The van der Waals surface area contributed by atoms with Gasteiger partial charge in [-0.05, 0) is 30.7 Å². The molecule has 0 saturated carbocycles. The van der Waals surface area contributed by atoms with Gasteiger partial charge in [-0.15, -0.1) is 0 Å². The fraction of sp³-hybridized carbons (Fsp3) is 0.455. The second-order valence-electron chi connectivity index (χ2n) is 3.96. The molecule has 0 bridgehead atoms.